The summed E-state index contributed by atoms with van der Waals surface area (Å²) in [7, 11) is 0. The molecule has 3 aromatic rings. The van der Waals surface area contributed by atoms with E-state index in [9.17, 15) is 0 Å². The fourth-order valence-electron chi connectivity index (χ4n) is 1.82. The van der Waals surface area contributed by atoms with Crippen LogP contribution in [-0.4, -0.2) is 26.7 Å². The summed E-state index contributed by atoms with van der Waals surface area (Å²) in [6, 6.07) is 2.04. The molecule has 0 spiro atoms. The third-order valence-corrected chi connectivity index (χ3v) is 4.68. The lowest BCUT2D eigenvalue weighted by Crippen LogP contribution is -2.06. The Morgan fingerprint density at radius 3 is 3.00 bits per heavy atom. The Morgan fingerprint density at radius 2 is 2.25 bits per heavy atom. The van der Waals surface area contributed by atoms with Gasteiger partial charge < -0.3 is 10.6 Å². The zero-order chi connectivity index (χ0) is 13.9. The van der Waals surface area contributed by atoms with Crippen molar-refractivity contribution < 1.29 is 0 Å². The number of fused-ring (bicyclic) bond motifs is 1. The van der Waals surface area contributed by atoms with Gasteiger partial charge >= 0.3 is 0 Å². The van der Waals surface area contributed by atoms with E-state index in [1.54, 1.807) is 17.5 Å². The number of H-pyrrole nitrogens is 1. The Kier molecular flexibility index (Phi) is 3.83. The predicted octanol–water partition coefficient (Wildman–Crippen LogP) is 3.22. The number of aromatic amines is 1. The minimum absolute atomic E-state index is 0.594. The monoisotopic (exact) mass is 352 g/mol. The lowest BCUT2D eigenvalue weighted by Gasteiger charge is -2.08. The van der Waals surface area contributed by atoms with Crippen molar-refractivity contribution in [3.63, 3.8) is 0 Å². The average molecular weight is 353 g/mol. The third-order valence-electron chi connectivity index (χ3n) is 2.75. The molecule has 0 unspecified atom stereocenters. The molecule has 8 heteroatoms. The summed E-state index contributed by atoms with van der Waals surface area (Å²) >= 11 is 5.23. The largest absolute Gasteiger partial charge is 0.364 e. The van der Waals surface area contributed by atoms with Crippen LogP contribution in [0, 0.1) is 0 Å². The van der Waals surface area contributed by atoms with Gasteiger partial charge in [-0.05, 0) is 34.3 Å². The SMILES string of the molecule is CCNc1nc(NCc2sccc2Br)c2cn[nH]c2n1. The van der Waals surface area contributed by atoms with Crippen molar-refractivity contribution in [3.05, 3.63) is 27.0 Å². The van der Waals surface area contributed by atoms with E-state index >= 15 is 0 Å². The number of aromatic nitrogens is 4. The van der Waals surface area contributed by atoms with Crippen LogP contribution in [0.4, 0.5) is 11.8 Å². The highest BCUT2D eigenvalue weighted by molar-refractivity contribution is 9.10. The topological polar surface area (TPSA) is 78.5 Å². The molecule has 0 aliphatic carbocycles. The smallest absolute Gasteiger partial charge is 0.226 e. The molecule has 0 atom stereocenters. The predicted molar refractivity (Wildman–Crippen MR) is 85.2 cm³/mol. The van der Waals surface area contributed by atoms with Gasteiger partial charge in [-0.3, -0.25) is 5.10 Å². The first-order valence-electron chi connectivity index (χ1n) is 6.18. The fourth-order valence-corrected chi connectivity index (χ4v) is 3.25. The highest BCUT2D eigenvalue weighted by Crippen LogP contribution is 2.25. The molecule has 0 radical (unpaired) electrons. The first-order chi connectivity index (χ1) is 9.78. The van der Waals surface area contributed by atoms with Gasteiger partial charge in [0.15, 0.2) is 5.65 Å². The molecule has 0 aliphatic rings. The molecule has 104 valence electrons. The van der Waals surface area contributed by atoms with Gasteiger partial charge in [-0.2, -0.15) is 15.1 Å². The Bertz CT molecular complexity index is 722. The molecule has 0 saturated carbocycles. The fraction of sp³-hybridized carbons (Fsp3) is 0.250. The Labute approximate surface area is 128 Å². The van der Waals surface area contributed by atoms with Gasteiger partial charge in [0.25, 0.3) is 0 Å². The molecule has 0 aromatic carbocycles. The molecule has 3 rings (SSSR count). The van der Waals surface area contributed by atoms with Gasteiger partial charge in [-0.25, -0.2) is 0 Å². The summed E-state index contributed by atoms with van der Waals surface area (Å²) < 4.78 is 1.11. The molecule has 0 bridgehead atoms. The zero-order valence-corrected chi connectivity index (χ0v) is 13.2. The van der Waals surface area contributed by atoms with E-state index in [0.717, 1.165) is 27.9 Å². The second-order valence-corrected chi connectivity index (χ2v) is 5.96. The van der Waals surface area contributed by atoms with Gasteiger partial charge in [0.05, 0.1) is 18.1 Å². The zero-order valence-electron chi connectivity index (χ0n) is 10.8. The molecule has 3 aromatic heterocycles. The van der Waals surface area contributed by atoms with Crippen LogP contribution in [0.3, 0.4) is 0 Å². The molecule has 0 aliphatic heterocycles. The average Bonchev–Trinajstić information content (AvgIpc) is 3.05. The molecule has 3 N–H and O–H groups in total. The molecule has 0 saturated heterocycles. The lowest BCUT2D eigenvalue weighted by atomic mass is 10.4. The molecular formula is C12H13BrN6S. The number of nitrogens with zero attached hydrogens (tertiary/aromatic N) is 3. The number of hydrogen-bond acceptors (Lipinski definition) is 6. The summed E-state index contributed by atoms with van der Waals surface area (Å²) in [5, 5.41) is 16.3. The summed E-state index contributed by atoms with van der Waals surface area (Å²) in [4.78, 5) is 10.1. The van der Waals surface area contributed by atoms with Crippen LogP contribution in [-0.2, 0) is 6.54 Å². The van der Waals surface area contributed by atoms with Crippen molar-refractivity contribution in [2.45, 2.75) is 13.5 Å². The van der Waals surface area contributed by atoms with Crippen molar-refractivity contribution in [2.24, 2.45) is 0 Å². The molecule has 20 heavy (non-hydrogen) atoms. The summed E-state index contributed by atoms with van der Waals surface area (Å²) in [6.07, 6.45) is 1.73. The summed E-state index contributed by atoms with van der Waals surface area (Å²) in [5.74, 6) is 1.37. The van der Waals surface area contributed by atoms with Crippen LogP contribution in [0.1, 0.15) is 11.8 Å². The molecule has 3 heterocycles. The van der Waals surface area contributed by atoms with Gasteiger partial charge in [0, 0.05) is 15.9 Å². The lowest BCUT2D eigenvalue weighted by molar-refractivity contribution is 1.06. The van der Waals surface area contributed by atoms with Crippen LogP contribution in [0.2, 0.25) is 0 Å². The van der Waals surface area contributed by atoms with Gasteiger partial charge in [0.1, 0.15) is 5.82 Å². The Morgan fingerprint density at radius 1 is 1.35 bits per heavy atom. The van der Waals surface area contributed by atoms with Gasteiger partial charge in [-0.15, -0.1) is 11.3 Å². The maximum atomic E-state index is 4.49. The number of anilines is 2. The van der Waals surface area contributed by atoms with Gasteiger partial charge in [0.2, 0.25) is 5.95 Å². The Balaban J connectivity index is 1.89. The van der Waals surface area contributed by atoms with Crippen LogP contribution >= 0.6 is 27.3 Å². The van der Waals surface area contributed by atoms with Crippen molar-refractivity contribution in [3.8, 4) is 0 Å². The van der Waals surface area contributed by atoms with Crippen molar-refractivity contribution in [1.82, 2.24) is 20.2 Å². The van der Waals surface area contributed by atoms with Crippen molar-refractivity contribution >= 4 is 50.1 Å². The quantitative estimate of drug-likeness (QED) is 0.656. The maximum Gasteiger partial charge on any atom is 0.226 e. The van der Waals surface area contributed by atoms with E-state index in [4.69, 9.17) is 0 Å². The summed E-state index contributed by atoms with van der Waals surface area (Å²) in [6.45, 7) is 3.49. The minimum Gasteiger partial charge on any atom is -0.364 e. The van der Waals surface area contributed by atoms with Crippen molar-refractivity contribution in [1.29, 1.82) is 0 Å². The molecule has 6 nitrogen and oxygen atoms in total. The minimum atomic E-state index is 0.594. The second-order valence-electron chi connectivity index (χ2n) is 4.10. The third kappa shape index (κ3) is 2.61. The first-order valence-corrected chi connectivity index (χ1v) is 7.86. The van der Waals surface area contributed by atoms with E-state index in [-0.39, 0.29) is 0 Å². The van der Waals surface area contributed by atoms with E-state index in [1.165, 1.54) is 4.88 Å². The number of hydrogen-bond donors (Lipinski definition) is 3. The second kappa shape index (κ2) is 5.76. The van der Waals surface area contributed by atoms with E-state index in [1.807, 2.05) is 13.0 Å². The van der Waals surface area contributed by atoms with E-state index in [0.29, 0.717) is 12.5 Å². The van der Waals surface area contributed by atoms with Crippen LogP contribution in [0.5, 0.6) is 0 Å². The van der Waals surface area contributed by atoms with E-state index in [2.05, 4.69) is 52.1 Å². The van der Waals surface area contributed by atoms with Gasteiger partial charge in [-0.1, -0.05) is 0 Å². The normalized spacial score (nSPS) is 10.9. The van der Waals surface area contributed by atoms with Crippen LogP contribution in [0.25, 0.3) is 11.0 Å². The molecular weight excluding hydrogens is 340 g/mol. The van der Waals surface area contributed by atoms with Crippen LogP contribution < -0.4 is 10.6 Å². The van der Waals surface area contributed by atoms with E-state index < -0.39 is 0 Å². The number of nitrogens with one attached hydrogen (secondary N) is 3. The maximum absolute atomic E-state index is 4.49. The summed E-state index contributed by atoms with van der Waals surface area (Å²) in [5.41, 5.74) is 0.726. The standard InChI is InChI=1S/C12H13BrN6S/c1-2-14-12-17-10(7-5-16-19-11(7)18-12)15-6-9-8(13)3-4-20-9/h3-5H,2,6H2,1H3,(H3,14,15,16,17,18,19). The first kappa shape index (κ1) is 13.3. The highest BCUT2D eigenvalue weighted by Gasteiger charge is 2.10. The number of thiophene rings is 1. The molecule has 0 amide bonds. The number of halogens is 1. The Hall–Kier alpha value is -1.67. The van der Waals surface area contributed by atoms with Crippen molar-refractivity contribution in [2.75, 3.05) is 17.2 Å². The van der Waals surface area contributed by atoms with Crippen LogP contribution in [0.15, 0.2) is 22.1 Å². The number of rotatable bonds is 5. The highest BCUT2D eigenvalue weighted by atomic mass is 79.9. The molecule has 0 fully saturated rings.